The number of rotatable bonds is 6. The van der Waals surface area contributed by atoms with Crippen LogP contribution < -0.4 is 10.5 Å². The summed E-state index contributed by atoms with van der Waals surface area (Å²) >= 11 is 0. The first kappa shape index (κ1) is 16.5. The van der Waals surface area contributed by atoms with Crippen LogP contribution in [0.2, 0.25) is 0 Å². The summed E-state index contributed by atoms with van der Waals surface area (Å²) in [5.74, 6) is -0.446. The van der Waals surface area contributed by atoms with Gasteiger partial charge in [0, 0.05) is 18.7 Å². The van der Waals surface area contributed by atoms with Crippen molar-refractivity contribution in [2.75, 3.05) is 13.4 Å². The molecule has 0 radical (unpaired) electrons. The third-order valence-corrected chi connectivity index (χ3v) is 4.15. The van der Waals surface area contributed by atoms with Crippen molar-refractivity contribution in [2.24, 2.45) is 5.73 Å². The van der Waals surface area contributed by atoms with Gasteiger partial charge in [0.25, 0.3) is 0 Å². The van der Waals surface area contributed by atoms with Crippen molar-refractivity contribution in [3.63, 3.8) is 0 Å². The van der Waals surface area contributed by atoms with Gasteiger partial charge in [-0.3, -0.25) is 4.79 Å². The van der Waals surface area contributed by atoms with Crippen LogP contribution in [-0.2, 0) is 14.6 Å². The van der Waals surface area contributed by atoms with Crippen LogP contribution in [0.1, 0.15) is 30.0 Å². The van der Waals surface area contributed by atoms with E-state index in [0.717, 1.165) is 6.26 Å². The molecule has 1 rings (SSSR count). The third-order valence-electron chi connectivity index (χ3n) is 3.00. The first-order valence-corrected chi connectivity index (χ1v) is 7.92. The lowest BCUT2D eigenvalue weighted by Crippen LogP contribution is -2.16. The average molecular weight is 301 g/mol. The molecule has 1 aromatic carbocycles. The van der Waals surface area contributed by atoms with Crippen LogP contribution in [-0.4, -0.2) is 32.9 Å². The molecule has 0 fully saturated rings. The highest BCUT2D eigenvalue weighted by Crippen LogP contribution is 2.31. The monoisotopic (exact) mass is 301 g/mol. The van der Waals surface area contributed by atoms with Gasteiger partial charge in [0.05, 0.1) is 12.0 Å². The zero-order valence-corrected chi connectivity index (χ0v) is 12.5. The molecule has 1 unspecified atom stereocenters. The molecule has 6 nitrogen and oxygen atoms in total. The summed E-state index contributed by atoms with van der Waals surface area (Å²) in [4.78, 5) is 10.7. The largest absolute Gasteiger partial charge is 0.496 e. The van der Waals surface area contributed by atoms with Gasteiger partial charge in [-0.25, -0.2) is 8.42 Å². The van der Waals surface area contributed by atoms with Crippen LogP contribution in [0.3, 0.4) is 0 Å². The molecule has 1 aromatic rings. The van der Waals surface area contributed by atoms with Gasteiger partial charge in [0.1, 0.15) is 5.75 Å². The number of hydrogen-bond donors (Lipinski definition) is 2. The van der Waals surface area contributed by atoms with Gasteiger partial charge in [-0.2, -0.15) is 0 Å². The highest BCUT2D eigenvalue weighted by atomic mass is 32.2. The quantitative estimate of drug-likeness (QED) is 0.819. The van der Waals surface area contributed by atoms with Gasteiger partial charge in [-0.15, -0.1) is 0 Å². The number of methoxy groups -OCH3 is 1. The highest BCUT2D eigenvalue weighted by molar-refractivity contribution is 7.90. The minimum Gasteiger partial charge on any atom is -0.496 e. The van der Waals surface area contributed by atoms with E-state index in [-0.39, 0.29) is 17.7 Å². The van der Waals surface area contributed by atoms with E-state index >= 15 is 0 Å². The number of carboxylic acid groups (broad SMARTS) is 1. The maximum absolute atomic E-state index is 11.8. The summed E-state index contributed by atoms with van der Waals surface area (Å²) in [6.07, 6.45) is 1.13. The smallest absolute Gasteiger partial charge is 0.303 e. The van der Waals surface area contributed by atoms with E-state index < -0.39 is 21.8 Å². The lowest BCUT2D eigenvalue weighted by molar-refractivity contribution is -0.137. The van der Waals surface area contributed by atoms with Crippen LogP contribution in [0.5, 0.6) is 5.75 Å². The van der Waals surface area contributed by atoms with Gasteiger partial charge in [0.15, 0.2) is 9.84 Å². The molecule has 0 aliphatic carbocycles. The molecule has 112 valence electrons. The molecule has 0 aliphatic rings. The molecular formula is C13H19NO5S. The predicted octanol–water partition coefficient (Wildman–Crippen LogP) is 1.27. The molecule has 7 heteroatoms. The SMILES string of the molecule is COc1cc(C(N)CCC(=O)O)c(S(C)(=O)=O)cc1C. The topological polar surface area (TPSA) is 107 Å². The predicted molar refractivity (Wildman–Crippen MR) is 74.6 cm³/mol. The van der Waals surface area contributed by atoms with Crippen LogP contribution >= 0.6 is 0 Å². The third kappa shape index (κ3) is 3.94. The maximum Gasteiger partial charge on any atom is 0.303 e. The molecule has 0 bridgehead atoms. The Bertz CT molecular complexity index is 609. The van der Waals surface area contributed by atoms with E-state index in [9.17, 15) is 13.2 Å². The Morgan fingerprint density at radius 2 is 2.05 bits per heavy atom. The number of benzene rings is 1. The second-order valence-corrected chi connectivity index (χ2v) is 6.65. The lowest BCUT2D eigenvalue weighted by atomic mass is 10.0. The maximum atomic E-state index is 11.8. The molecule has 0 spiro atoms. The number of aliphatic carboxylic acids is 1. The number of carbonyl (C=O) groups is 1. The van der Waals surface area contributed by atoms with E-state index in [2.05, 4.69) is 0 Å². The fraction of sp³-hybridized carbons (Fsp3) is 0.462. The molecule has 0 aliphatic heterocycles. The van der Waals surface area contributed by atoms with E-state index in [1.807, 2.05) is 0 Å². The van der Waals surface area contributed by atoms with Crippen LogP contribution in [0, 0.1) is 6.92 Å². The number of carboxylic acids is 1. The Hall–Kier alpha value is -1.60. The zero-order valence-electron chi connectivity index (χ0n) is 11.7. The summed E-state index contributed by atoms with van der Waals surface area (Å²) in [5, 5.41) is 8.68. The van der Waals surface area contributed by atoms with Crippen molar-refractivity contribution >= 4 is 15.8 Å². The van der Waals surface area contributed by atoms with Crippen LogP contribution in [0.25, 0.3) is 0 Å². The molecular weight excluding hydrogens is 282 g/mol. The van der Waals surface area contributed by atoms with E-state index in [1.165, 1.54) is 13.2 Å². The van der Waals surface area contributed by atoms with Crippen molar-refractivity contribution in [3.05, 3.63) is 23.3 Å². The van der Waals surface area contributed by atoms with Crippen LogP contribution in [0.4, 0.5) is 0 Å². The van der Waals surface area contributed by atoms with Gasteiger partial charge in [-0.1, -0.05) is 0 Å². The second-order valence-electron chi connectivity index (χ2n) is 4.67. The standard InChI is InChI=1S/C13H19NO5S/c1-8-6-12(20(3,17)18)9(7-11(8)19-2)10(14)4-5-13(15)16/h6-7,10H,4-5,14H2,1-3H3,(H,15,16). The molecule has 1 atom stereocenters. The Labute approximate surface area is 118 Å². The van der Waals surface area contributed by atoms with Gasteiger partial charge in [0.2, 0.25) is 0 Å². The molecule has 0 saturated heterocycles. The van der Waals surface area contributed by atoms with Crippen molar-refractivity contribution in [2.45, 2.75) is 30.7 Å². The van der Waals surface area contributed by atoms with Crippen molar-refractivity contribution in [3.8, 4) is 5.75 Å². The Kier molecular flexibility index (Phi) is 5.13. The average Bonchev–Trinajstić information content (AvgIpc) is 2.34. The van der Waals surface area contributed by atoms with Crippen molar-refractivity contribution in [1.29, 1.82) is 0 Å². The number of ether oxygens (including phenoxy) is 1. The van der Waals surface area contributed by atoms with E-state index in [0.29, 0.717) is 16.9 Å². The summed E-state index contributed by atoms with van der Waals surface area (Å²) < 4.78 is 28.8. The fourth-order valence-electron chi connectivity index (χ4n) is 1.94. The summed E-state index contributed by atoms with van der Waals surface area (Å²) in [5.41, 5.74) is 7.00. The minimum absolute atomic E-state index is 0.119. The Morgan fingerprint density at radius 3 is 2.50 bits per heavy atom. The normalized spacial score (nSPS) is 13.0. The number of aryl methyl sites for hydroxylation is 1. The summed E-state index contributed by atoms with van der Waals surface area (Å²) in [6.45, 7) is 1.74. The van der Waals surface area contributed by atoms with Crippen molar-refractivity contribution in [1.82, 2.24) is 0 Å². The van der Waals surface area contributed by atoms with Gasteiger partial charge < -0.3 is 15.6 Å². The Balaban J connectivity index is 3.30. The number of hydrogen-bond acceptors (Lipinski definition) is 5. The molecule has 3 N–H and O–H groups in total. The van der Waals surface area contributed by atoms with E-state index in [1.54, 1.807) is 13.0 Å². The summed E-state index contributed by atoms with van der Waals surface area (Å²) in [7, 11) is -1.97. The zero-order chi connectivity index (χ0) is 15.5. The molecule has 20 heavy (non-hydrogen) atoms. The minimum atomic E-state index is -3.45. The molecule has 0 aromatic heterocycles. The fourth-order valence-corrected chi connectivity index (χ4v) is 2.97. The number of nitrogens with two attached hydrogens (primary N) is 1. The van der Waals surface area contributed by atoms with Gasteiger partial charge >= 0.3 is 5.97 Å². The second kappa shape index (κ2) is 6.23. The van der Waals surface area contributed by atoms with Crippen molar-refractivity contribution < 1.29 is 23.1 Å². The number of sulfone groups is 1. The van der Waals surface area contributed by atoms with Gasteiger partial charge in [-0.05, 0) is 36.6 Å². The summed E-state index contributed by atoms with van der Waals surface area (Å²) in [6, 6.07) is 2.40. The highest BCUT2D eigenvalue weighted by Gasteiger charge is 2.21. The first-order valence-electron chi connectivity index (χ1n) is 6.02. The lowest BCUT2D eigenvalue weighted by Gasteiger charge is -2.17. The molecule has 0 heterocycles. The van der Waals surface area contributed by atoms with Crippen LogP contribution in [0.15, 0.2) is 17.0 Å². The Morgan fingerprint density at radius 1 is 1.45 bits per heavy atom. The van der Waals surface area contributed by atoms with E-state index in [4.69, 9.17) is 15.6 Å². The first-order chi connectivity index (χ1) is 9.16. The molecule has 0 amide bonds. The molecule has 0 saturated carbocycles.